The predicted octanol–water partition coefficient (Wildman–Crippen LogP) is 1.00. The molecule has 0 aliphatic rings. The highest BCUT2D eigenvalue weighted by Gasteiger charge is 2.26. The van der Waals surface area contributed by atoms with Crippen LogP contribution in [-0.2, 0) is 14.3 Å². The second-order valence-electron chi connectivity index (χ2n) is 4.52. The van der Waals surface area contributed by atoms with Crippen LogP contribution in [0.2, 0.25) is 0 Å². The van der Waals surface area contributed by atoms with Gasteiger partial charge in [-0.05, 0) is 12.5 Å². The molecule has 0 radical (unpaired) electrons. The van der Waals surface area contributed by atoms with Gasteiger partial charge in [-0.15, -0.1) is 0 Å². The fourth-order valence-electron chi connectivity index (χ4n) is 1.55. The van der Waals surface area contributed by atoms with Crippen LogP contribution >= 0.6 is 0 Å². The molecule has 0 aromatic heterocycles. The average molecular weight is 264 g/mol. The van der Waals surface area contributed by atoms with Gasteiger partial charge >= 0.3 is 5.97 Å². The van der Waals surface area contributed by atoms with Gasteiger partial charge in [-0.1, -0.05) is 37.3 Å². The van der Waals surface area contributed by atoms with Gasteiger partial charge in [0.2, 0.25) is 5.91 Å². The molecule has 1 aromatic rings. The van der Waals surface area contributed by atoms with Gasteiger partial charge in [-0.2, -0.15) is 0 Å². The number of methoxy groups -OCH3 is 1. The minimum absolute atomic E-state index is 0.269. The van der Waals surface area contributed by atoms with Crippen molar-refractivity contribution < 1.29 is 14.3 Å². The molecule has 0 spiro atoms. The highest BCUT2D eigenvalue weighted by molar-refractivity contribution is 5.86. The zero-order chi connectivity index (χ0) is 14.4. The van der Waals surface area contributed by atoms with Gasteiger partial charge in [0, 0.05) is 12.0 Å². The molecule has 3 N–H and O–H groups in total. The molecular formula is C14H20N2O3. The normalized spacial score (nSPS) is 15.2. The number of nitrogens with two attached hydrogens (primary N) is 1. The summed E-state index contributed by atoms with van der Waals surface area (Å²) in [6, 6.07) is 7.87. The van der Waals surface area contributed by atoms with Gasteiger partial charge in [0.05, 0.1) is 7.11 Å². The number of hydrogen-bond donors (Lipinski definition) is 2. The van der Waals surface area contributed by atoms with E-state index >= 15 is 0 Å². The lowest BCUT2D eigenvalue weighted by Gasteiger charge is -2.21. The Kier molecular flexibility index (Phi) is 5.51. The van der Waals surface area contributed by atoms with Crippen LogP contribution in [0, 0.1) is 5.92 Å². The number of hydrogen-bond acceptors (Lipinski definition) is 4. The predicted molar refractivity (Wildman–Crippen MR) is 72.2 cm³/mol. The molecule has 104 valence electrons. The fraction of sp³-hybridized carbons (Fsp3) is 0.429. The molecule has 0 aliphatic carbocycles. The van der Waals surface area contributed by atoms with Gasteiger partial charge in [0.1, 0.15) is 0 Å². The number of esters is 1. The quantitative estimate of drug-likeness (QED) is 0.777. The van der Waals surface area contributed by atoms with Gasteiger partial charge in [-0.3, -0.25) is 4.79 Å². The molecule has 0 heterocycles. The molecule has 0 fully saturated rings. The van der Waals surface area contributed by atoms with E-state index in [0.717, 1.165) is 0 Å². The van der Waals surface area contributed by atoms with Crippen LogP contribution < -0.4 is 11.1 Å². The first-order valence-electron chi connectivity index (χ1n) is 6.16. The van der Waals surface area contributed by atoms with Crippen molar-refractivity contribution in [1.82, 2.24) is 5.32 Å². The third kappa shape index (κ3) is 4.06. The molecule has 1 rings (SSSR count). The number of rotatable bonds is 5. The monoisotopic (exact) mass is 264 g/mol. The largest absolute Gasteiger partial charge is 0.467 e. The van der Waals surface area contributed by atoms with Gasteiger partial charge in [0.25, 0.3) is 0 Å². The Labute approximate surface area is 113 Å². The van der Waals surface area contributed by atoms with Crippen LogP contribution in [-0.4, -0.2) is 25.0 Å². The second kappa shape index (κ2) is 6.89. The van der Waals surface area contributed by atoms with Crippen LogP contribution in [0.15, 0.2) is 30.3 Å². The number of benzene rings is 1. The van der Waals surface area contributed by atoms with E-state index in [1.807, 2.05) is 6.07 Å². The molecule has 3 unspecified atom stereocenters. The molecule has 0 saturated heterocycles. The smallest absolute Gasteiger partial charge is 0.333 e. The topological polar surface area (TPSA) is 81.4 Å². The lowest BCUT2D eigenvalue weighted by Crippen LogP contribution is -2.42. The van der Waals surface area contributed by atoms with Crippen LogP contribution in [0.25, 0.3) is 0 Å². The fourth-order valence-corrected chi connectivity index (χ4v) is 1.55. The Morgan fingerprint density at radius 2 is 1.79 bits per heavy atom. The highest BCUT2D eigenvalue weighted by atomic mass is 16.5. The van der Waals surface area contributed by atoms with Crippen LogP contribution in [0.5, 0.6) is 0 Å². The molecule has 0 saturated carbocycles. The van der Waals surface area contributed by atoms with E-state index in [1.54, 1.807) is 38.1 Å². The van der Waals surface area contributed by atoms with Crippen molar-refractivity contribution in [3.8, 4) is 0 Å². The Morgan fingerprint density at radius 3 is 2.26 bits per heavy atom. The first-order chi connectivity index (χ1) is 8.97. The number of carbonyl (C=O) groups excluding carboxylic acids is 2. The number of ether oxygens (including phenoxy) is 1. The van der Waals surface area contributed by atoms with Crippen molar-refractivity contribution in [1.29, 1.82) is 0 Å². The van der Waals surface area contributed by atoms with Crippen LogP contribution in [0.4, 0.5) is 0 Å². The maximum absolute atomic E-state index is 12.0. The lowest BCUT2D eigenvalue weighted by molar-refractivity contribution is -0.145. The van der Waals surface area contributed by atoms with Crippen LogP contribution in [0.3, 0.4) is 0 Å². The first-order valence-corrected chi connectivity index (χ1v) is 6.16. The third-order valence-electron chi connectivity index (χ3n) is 3.06. The van der Waals surface area contributed by atoms with Gasteiger partial charge in [-0.25, -0.2) is 4.79 Å². The van der Waals surface area contributed by atoms with E-state index in [9.17, 15) is 9.59 Å². The number of nitrogens with one attached hydrogen (secondary N) is 1. The maximum Gasteiger partial charge on any atom is 0.333 e. The van der Waals surface area contributed by atoms with Crippen LogP contribution in [0.1, 0.15) is 25.5 Å². The van der Waals surface area contributed by atoms with E-state index in [1.165, 1.54) is 7.11 Å². The summed E-state index contributed by atoms with van der Waals surface area (Å²) in [6.07, 6.45) is 0. The molecule has 5 heteroatoms. The van der Waals surface area contributed by atoms with E-state index in [-0.39, 0.29) is 17.9 Å². The SMILES string of the molecule is COC(=O)C(NC(=O)C(C)C(C)N)c1ccccc1. The number of amides is 1. The van der Waals surface area contributed by atoms with Gasteiger partial charge < -0.3 is 15.8 Å². The van der Waals surface area contributed by atoms with Crippen molar-refractivity contribution in [2.45, 2.75) is 25.9 Å². The summed E-state index contributed by atoms with van der Waals surface area (Å²) in [4.78, 5) is 23.8. The van der Waals surface area contributed by atoms with E-state index in [0.29, 0.717) is 5.56 Å². The van der Waals surface area contributed by atoms with E-state index < -0.39 is 12.0 Å². The van der Waals surface area contributed by atoms with Crippen molar-refractivity contribution in [2.24, 2.45) is 11.7 Å². The maximum atomic E-state index is 12.0. The molecule has 3 atom stereocenters. The zero-order valence-electron chi connectivity index (χ0n) is 11.4. The standard InChI is InChI=1S/C14H20N2O3/c1-9(10(2)15)13(17)16-12(14(18)19-3)11-7-5-4-6-8-11/h4-10,12H,15H2,1-3H3,(H,16,17). The minimum Gasteiger partial charge on any atom is -0.467 e. The van der Waals surface area contributed by atoms with Gasteiger partial charge in [0.15, 0.2) is 6.04 Å². The molecule has 1 aromatic carbocycles. The van der Waals surface area contributed by atoms with E-state index in [4.69, 9.17) is 10.5 Å². The highest BCUT2D eigenvalue weighted by Crippen LogP contribution is 2.15. The third-order valence-corrected chi connectivity index (χ3v) is 3.06. The summed E-state index contributed by atoms with van der Waals surface area (Å²) in [6.45, 7) is 3.47. The summed E-state index contributed by atoms with van der Waals surface area (Å²) in [5.41, 5.74) is 6.36. The molecule has 1 amide bonds. The second-order valence-corrected chi connectivity index (χ2v) is 4.52. The molecular weight excluding hydrogens is 244 g/mol. The average Bonchev–Trinajstić information content (AvgIpc) is 2.43. The van der Waals surface area contributed by atoms with E-state index in [2.05, 4.69) is 5.32 Å². The molecule has 5 nitrogen and oxygen atoms in total. The summed E-state index contributed by atoms with van der Waals surface area (Å²) < 4.78 is 4.72. The van der Waals surface area contributed by atoms with Crippen molar-refractivity contribution in [3.63, 3.8) is 0 Å². The lowest BCUT2D eigenvalue weighted by atomic mass is 10.0. The molecule has 19 heavy (non-hydrogen) atoms. The summed E-state index contributed by atoms with van der Waals surface area (Å²) in [7, 11) is 1.29. The summed E-state index contributed by atoms with van der Waals surface area (Å²) in [5, 5.41) is 2.67. The van der Waals surface area contributed by atoms with Crippen molar-refractivity contribution >= 4 is 11.9 Å². The first kappa shape index (κ1) is 15.2. The number of carbonyl (C=O) groups is 2. The Balaban J connectivity index is 2.88. The Morgan fingerprint density at radius 1 is 1.21 bits per heavy atom. The summed E-state index contributed by atoms with van der Waals surface area (Å²) in [5.74, 6) is -1.15. The van der Waals surface area contributed by atoms with Crippen molar-refractivity contribution in [3.05, 3.63) is 35.9 Å². The Bertz CT molecular complexity index is 432. The molecule has 0 aliphatic heterocycles. The van der Waals surface area contributed by atoms with Crippen molar-refractivity contribution in [2.75, 3.05) is 7.11 Å². The zero-order valence-corrected chi connectivity index (χ0v) is 11.4. The molecule has 0 bridgehead atoms. The summed E-state index contributed by atoms with van der Waals surface area (Å²) >= 11 is 0. The Hall–Kier alpha value is -1.88. The minimum atomic E-state index is -0.806.